The molecule has 0 atom stereocenters. The molecule has 0 spiro atoms. The van der Waals surface area contributed by atoms with Gasteiger partial charge in [-0.05, 0) is 19.9 Å². The number of hydrogen-bond donors (Lipinski definition) is 1. The number of amides is 1. The van der Waals surface area contributed by atoms with E-state index >= 15 is 0 Å². The summed E-state index contributed by atoms with van der Waals surface area (Å²) < 4.78 is 0. The van der Waals surface area contributed by atoms with Crippen LogP contribution in [0.2, 0.25) is 0 Å². The highest BCUT2D eigenvalue weighted by Crippen LogP contribution is 2.06. The summed E-state index contributed by atoms with van der Waals surface area (Å²) in [6.45, 7) is 6.36. The Hall–Kier alpha value is -0.650. The number of rotatable bonds is 3. The van der Waals surface area contributed by atoms with Gasteiger partial charge in [-0.2, -0.15) is 0 Å². The molecule has 0 saturated carbocycles. The zero-order chi connectivity index (χ0) is 12.1. The smallest absolute Gasteiger partial charge is 0.238 e. The molecule has 17 heavy (non-hydrogen) atoms. The van der Waals surface area contributed by atoms with Gasteiger partial charge in [0.15, 0.2) is 0 Å². The molecule has 0 aromatic carbocycles. The normalized spacial score (nSPS) is 23.9. The summed E-state index contributed by atoms with van der Waals surface area (Å²) in [7, 11) is 2.10. The minimum absolute atomic E-state index is 0.240. The van der Waals surface area contributed by atoms with Gasteiger partial charge in [-0.25, -0.2) is 10.4 Å². The standard InChI is InChI=1S/C12H24N4O/c1-14-7-9-15(10-8-14)12(17)11-13-16-5-3-2-4-6-16/h13H,2-11H2,1H3. The van der Waals surface area contributed by atoms with E-state index in [4.69, 9.17) is 0 Å². The number of carbonyl (C=O) groups excluding carboxylic acids is 1. The average Bonchev–Trinajstić information content (AvgIpc) is 2.38. The zero-order valence-electron chi connectivity index (χ0n) is 10.8. The quantitative estimate of drug-likeness (QED) is 0.738. The van der Waals surface area contributed by atoms with Gasteiger partial charge in [0.1, 0.15) is 0 Å². The fourth-order valence-corrected chi connectivity index (χ4v) is 2.40. The first-order chi connectivity index (χ1) is 8.25. The van der Waals surface area contributed by atoms with Crippen LogP contribution in [0.5, 0.6) is 0 Å². The summed E-state index contributed by atoms with van der Waals surface area (Å²) in [5.41, 5.74) is 3.26. The van der Waals surface area contributed by atoms with Crippen molar-refractivity contribution >= 4 is 5.91 Å². The Morgan fingerprint density at radius 1 is 1.00 bits per heavy atom. The van der Waals surface area contributed by atoms with Gasteiger partial charge in [0.25, 0.3) is 0 Å². The van der Waals surface area contributed by atoms with Gasteiger partial charge >= 0.3 is 0 Å². The van der Waals surface area contributed by atoms with Crippen LogP contribution in [0.15, 0.2) is 0 Å². The summed E-state index contributed by atoms with van der Waals surface area (Å²) >= 11 is 0. The molecule has 2 rings (SSSR count). The van der Waals surface area contributed by atoms with E-state index in [0.29, 0.717) is 6.54 Å². The topological polar surface area (TPSA) is 38.8 Å². The zero-order valence-corrected chi connectivity index (χ0v) is 10.8. The third-order valence-electron chi connectivity index (χ3n) is 3.67. The van der Waals surface area contributed by atoms with Crippen molar-refractivity contribution in [2.45, 2.75) is 19.3 Å². The van der Waals surface area contributed by atoms with E-state index in [2.05, 4.69) is 22.4 Å². The van der Waals surface area contributed by atoms with E-state index in [1.54, 1.807) is 0 Å². The van der Waals surface area contributed by atoms with Crippen LogP contribution in [0.4, 0.5) is 0 Å². The molecule has 5 heteroatoms. The SMILES string of the molecule is CN1CCN(C(=O)CNN2CCCCC2)CC1. The molecule has 2 fully saturated rings. The lowest BCUT2D eigenvalue weighted by molar-refractivity contribution is -0.132. The maximum absolute atomic E-state index is 12.0. The fourth-order valence-electron chi connectivity index (χ4n) is 2.40. The third kappa shape index (κ3) is 3.94. The maximum atomic E-state index is 12.0. The largest absolute Gasteiger partial charge is 0.339 e. The average molecular weight is 240 g/mol. The van der Waals surface area contributed by atoms with Crippen LogP contribution >= 0.6 is 0 Å². The predicted molar refractivity (Wildman–Crippen MR) is 67.5 cm³/mol. The number of likely N-dealkylation sites (N-methyl/N-ethyl adjacent to an activating group) is 1. The summed E-state index contributed by atoms with van der Waals surface area (Å²) in [4.78, 5) is 16.2. The maximum Gasteiger partial charge on any atom is 0.238 e. The monoisotopic (exact) mass is 240 g/mol. The molecule has 0 radical (unpaired) electrons. The number of piperidine rings is 1. The lowest BCUT2D eigenvalue weighted by Crippen LogP contribution is -2.52. The first kappa shape index (κ1) is 12.8. The minimum Gasteiger partial charge on any atom is -0.339 e. The highest BCUT2D eigenvalue weighted by atomic mass is 16.2. The van der Waals surface area contributed by atoms with E-state index in [-0.39, 0.29) is 5.91 Å². The molecule has 0 aromatic rings. The van der Waals surface area contributed by atoms with E-state index in [9.17, 15) is 4.79 Å². The second-order valence-corrected chi connectivity index (χ2v) is 5.07. The lowest BCUT2D eigenvalue weighted by Gasteiger charge is -2.33. The van der Waals surface area contributed by atoms with E-state index in [1.165, 1.54) is 19.3 Å². The van der Waals surface area contributed by atoms with Gasteiger partial charge in [0.2, 0.25) is 5.91 Å². The highest BCUT2D eigenvalue weighted by molar-refractivity contribution is 5.78. The summed E-state index contributed by atoms with van der Waals surface area (Å²) in [6, 6.07) is 0. The molecule has 98 valence electrons. The van der Waals surface area contributed by atoms with Gasteiger partial charge in [-0.15, -0.1) is 0 Å². The van der Waals surface area contributed by atoms with Gasteiger partial charge < -0.3 is 9.80 Å². The first-order valence-electron chi connectivity index (χ1n) is 6.70. The number of hydrogen-bond acceptors (Lipinski definition) is 4. The van der Waals surface area contributed by atoms with E-state index in [1.807, 2.05) is 4.90 Å². The van der Waals surface area contributed by atoms with Crippen molar-refractivity contribution in [2.24, 2.45) is 0 Å². The van der Waals surface area contributed by atoms with Crippen molar-refractivity contribution in [3.05, 3.63) is 0 Å². The van der Waals surface area contributed by atoms with Crippen LogP contribution in [-0.4, -0.2) is 73.6 Å². The molecule has 0 unspecified atom stereocenters. The molecule has 2 aliphatic heterocycles. The second-order valence-electron chi connectivity index (χ2n) is 5.07. The highest BCUT2D eigenvalue weighted by Gasteiger charge is 2.19. The number of hydrazine groups is 1. The van der Waals surface area contributed by atoms with Crippen LogP contribution < -0.4 is 5.43 Å². The van der Waals surface area contributed by atoms with Gasteiger partial charge in [-0.1, -0.05) is 6.42 Å². The Kier molecular flexibility index (Phi) is 4.76. The predicted octanol–water partition coefficient (Wildman–Crippen LogP) is -0.249. The van der Waals surface area contributed by atoms with Crippen molar-refractivity contribution in [2.75, 3.05) is 52.9 Å². The molecule has 2 aliphatic rings. The third-order valence-corrected chi connectivity index (χ3v) is 3.67. The molecule has 0 aliphatic carbocycles. The number of nitrogens with one attached hydrogen (secondary N) is 1. The van der Waals surface area contributed by atoms with Gasteiger partial charge in [0, 0.05) is 39.3 Å². The number of carbonyl (C=O) groups is 1. The molecule has 1 N–H and O–H groups in total. The van der Waals surface area contributed by atoms with Crippen LogP contribution in [0.3, 0.4) is 0 Å². The lowest BCUT2D eigenvalue weighted by atomic mass is 10.2. The summed E-state index contributed by atoms with van der Waals surface area (Å²) in [5.74, 6) is 0.240. The van der Waals surface area contributed by atoms with E-state index < -0.39 is 0 Å². The summed E-state index contributed by atoms with van der Waals surface area (Å²) in [6.07, 6.45) is 3.82. The number of nitrogens with zero attached hydrogens (tertiary/aromatic N) is 3. The molecular formula is C12H24N4O. The van der Waals surface area contributed by atoms with Crippen molar-refractivity contribution in [3.63, 3.8) is 0 Å². The van der Waals surface area contributed by atoms with Crippen molar-refractivity contribution in [1.29, 1.82) is 0 Å². The fraction of sp³-hybridized carbons (Fsp3) is 0.917. The Labute approximate surface area is 104 Å². The molecule has 2 heterocycles. The molecule has 1 amide bonds. The minimum atomic E-state index is 0.240. The number of piperazine rings is 1. The Morgan fingerprint density at radius 2 is 1.65 bits per heavy atom. The Morgan fingerprint density at radius 3 is 2.29 bits per heavy atom. The van der Waals surface area contributed by atoms with Crippen LogP contribution in [-0.2, 0) is 4.79 Å². The molecule has 0 aromatic heterocycles. The van der Waals surface area contributed by atoms with Gasteiger partial charge in [0.05, 0.1) is 6.54 Å². The molecule has 0 bridgehead atoms. The molecule has 5 nitrogen and oxygen atoms in total. The van der Waals surface area contributed by atoms with Crippen LogP contribution in [0.1, 0.15) is 19.3 Å². The van der Waals surface area contributed by atoms with Crippen molar-refractivity contribution in [3.8, 4) is 0 Å². The molecular weight excluding hydrogens is 216 g/mol. The summed E-state index contributed by atoms with van der Waals surface area (Å²) in [5, 5.41) is 2.19. The van der Waals surface area contributed by atoms with Crippen LogP contribution in [0, 0.1) is 0 Å². The first-order valence-corrected chi connectivity index (χ1v) is 6.70. The molecule has 2 saturated heterocycles. The van der Waals surface area contributed by atoms with Gasteiger partial charge in [-0.3, -0.25) is 4.79 Å². The Balaban J connectivity index is 1.66. The van der Waals surface area contributed by atoms with Crippen molar-refractivity contribution in [1.82, 2.24) is 20.2 Å². The second kappa shape index (κ2) is 6.33. The Bertz CT molecular complexity index is 245. The van der Waals surface area contributed by atoms with E-state index in [0.717, 1.165) is 39.3 Å². The van der Waals surface area contributed by atoms with Crippen LogP contribution in [0.25, 0.3) is 0 Å². The van der Waals surface area contributed by atoms with Crippen molar-refractivity contribution < 1.29 is 4.79 Å².